The van der Waals surface area contributed by atoms with Gasteiger partial charge in [-0.15, -0.1) is 0 Å². The molecule has 2 radical (unpaired) electrons. The van der Waals surface area contributed by atoms with E-state index in [2.05, 4.69) is 12.2 Å². The smallest absolute Gasteiger partial charge is 0.0834 e. The number of hydrogen-bond donors (Lipinski definition) is 1. The Labute approximate surface area is 43.0 Å². The van der Waals surface area contributed by atoms with Crippen molar-refractivity contribution in [2.45, 2.75) is 12.5 Å². The van der Waals surface area contributed by atoms with Gasteiger partial charge >= 0.3 is 0 Å². The first-order valence-corrected chi connectivity index (χ1v) is 2.22. The molecule has 1 aliphatic rings. The summed E-state index contributed by atoms with van der Waals surface area (Å²) in [6, 6.07) is 0. The summed E-state index contributed by atoms with van der Waals surface area (Å²) in [6.45, 7) is 0. The zero-order valence-electron chi connectivity index (χ0n) is 3.89. The minimum atomic E-state index is -0.412. The summed E-state index contributed by atoms with van der Waals surface area (Å²) in [7, 11) is 0. The molecule has 0 aromatic rings. The summed E-state index contributed by atoms with van der Waals surface area (Å²) in [5, 5.41) is 8.68. The van der Waals surface area contributed by atoms with E-state index in [1.165, 1.54) is 0 Å². The van der Waals surface area contributed by atoms with Crippen LogP contribution in [0.15, 0.2) is 12.2 Å². The van der Waals surface area contributed by atoms with E-state index in [9.17, 15) is 0 Å². The molecule has 0 saturated heterocycles. The predicted molar refractivity (Wildman–Crippen MR) is 26.2 cm³/mol. The number of allylic oxidation sites excluding steroid dienone is 2. The molecule has 36 valence electrons. The highest BCUT2D eigenvalue weighted by atomic mass is 16.3. The molecule has 1 atom stereocenters. The van der Waals surface area contributed by atoms with Crippen molar-refractivity contribution < 1.29 is 5.11 Å². The van der Waals surface area contributed by atoms with E-state index in [1.807, 2.05) is 0 Å². The molecule has 1 aliphatic carbocycles. The van der Waals surface area contributed by atoms with Crippen LogP contribution in [0.3, 0.4) is 0 Å². The molecule has 0 fully saturated rings. The quantitative estimate of drug-likeness (QED) is 0.462. The third kappa shape index (κ3) is 1.16. The molecular weight excluding hydrogens is 88.1 g/mol. The van der Waals surface area contributed by atoms with Crippen LogP contribution in [-0.4, -0.2) is 11.2 Å². The van der Waals surface area contributed by atoms with Crippen molar-refractivity contribution in [1.29, 1.82) is 0 Å². The van der Waals surface area contributed by atoms with Gasteiger partial charge in [0.15, 0.2) is 0 Å². The second-order valence-corrected chi connectivity index (χ2v) is 1.42. The van der Waals surface area contributed by atoms with Gasteiger partial charge in [-0.25, -0.2) is 0 Å². The predicted octanol–water partition coefficient (Wildman–Crippen LogP) is 0.470. The Kier molecular flexibility index (Phi) is 1.27. The Morgan fingerprint density at radius 3 is 2.71 bits per heavy atom. The summed E-state index contributed by atoms with van der Waals surface area (Å²) in [6.07, 6.45) is 9.15. The van der Waals surface area contributed by atoms with E-state index >= 15 is 0 Å². The molecule has 0 aliphatic heterocycles. The van der Waals surface area contributed by atoms with E-state index in [1.54, 1.807) is 12.2 Å². The SMILES string of the molecule is OC1[C]=CC=[C]C1. The van der Waals surface area contributed by atoms with Crippen LogP contribution in [-0.2, 0) is 0 Å². The maximum absolute atomic E-state index is 8.68. The van der Waals surface area contributed by atoms with Crippen molar-refractivity contribution in [3.63, 3.8) is 0 Å². The number of aliphatic hydroxyl groups excluding tert-OH is 1. The highest BCUT2D eigenvalue weighted by molar-refractivity contribution is 5.02. The number of rotatable bonds is 0. The van der Waals surface area contributed by atoms with Crippen LogP contribution in [0.4, 0.5) is 0 Å². The molecule has 1 rings (SSSR count). The van der Waals surface area contributed by atoms with Gasteiger partial charge < -0.3 is 5.11 Å². The van der Waals surface area contributed by atoms with Crippen LogP contribution in [0.5, 0.6) is 0 Å². The van der Waals surface area contributed by atoms with Crippen LogP contribution in [0, 0.1) is 12.2 Å². The third-order valence-corrected chi connectivity index (χ3v) is 0.801. The summed E-state index contributed by atoms with van der Waals surface area (Å²) in [4.78, 5) is 0. The second kappa shape index (κ2) is 1.94. The van der Waals surface area contributed by atoms with Crippen LogP contribution < -0.4 is 0 Å². The van der Waals surface area contributed by atoms with Crippen molar-refractivity contribution in [2.24, 2.45) is 0 Å². The van der Waals surface area contributed by atoms with E-state index in [0.29, 0.717) is 6.42 Å². The Morgan fingerprint density at radius 2 is 2.43 bits per heavy atom. The Hall–Kier alpha value is -0.560. The highest BCUT2D eigenvalue weighted by Crippen LogP contribution is 1.98. The lowest BCUT2D eigenvalue weighted by molar-refractivity contribution is 0.216. The van der Waals surface area contributed by atoms with Crippen molar-refractivity contribution in [3.05, 3.63) is 24.3 Å². The Morgan fingerprint density at radius 1 is 1.57 bits per heavy atom. The minimum absolute atomic E-state index is 0.412. The molecule has 0 aromatic carbocycles. The van der Waals surface area contributed by atoms with Crippen LogP contribution in [0.2, 0.25) is 0 Å². The topological polar surface area (TPSA) is 20.2 Å². The summed E-state index contributed by atoms with van der Waals surface area (Å²) in [5.74, 6) is 0. The maximum Gasteiger partial charge on any atom is 0.0834 e. The molecule has 1 unspecified atom stereocenters. The van der Waals surface area contributed by atoms with Crippen LogP contribution >= 0.6 is 0 Å². The molecule has 0 aromatic heterocycles. The highest BCUT2D eigenvalue weighted by Gasteiger charge is 1.96. The first-order chi connectivity index (χ1) is 3.39. The molecular formula is C6H6O. The van der Waals surface area contributed by atoms with Gasteiger partial charge in [-0.1, -0.05) is 12.2 Å². The third-order valence-electron chi connectivity index (χ3n) is 0.801. The van der Waals surface area contributed by atoms with Crippen molar-refractivity contribution in [1.82, 2.24) is 0 Å². The van der Waals surface area contributed by atoms with Gasteiger partial charge in [0.05, 0.1) is 6.10 Å². The van der Waals surface area contributed by atoms with Crippen LogP contribution in [0.1, 0.15) is 6.42 Å². The molecule has 0 saturated carbocycles. The fourth-order valence-electron chi connectivity index (χ4n) is 0.457. The van der Waals surface area contributed by atoms with Gasteiger partial charge in [-0.3, -0.25) is 0 Å². The molecule has 0 heterocycles. The normalized spacial score (nSPS) is 28.4. The van der Waals surface area contributed by atoms with E-state index in [0.717, 1.165) is 0 Å². The Balaban J connectivity index is 2.49. The number of hydrogen-bond acceptors (Lipinski definition) is 1. The van der Waals surface area contributed by atoms with E-state index in [4.69, 9.17) is 5.11 Å². The van der Waals surface area contributed by atoms with Gasteiger partial charge in [-0.2, -0.15) is 0 Å². The van der Waals surface area contributed by atoms with Gasteiger partial charge in [0, 0.05) is 6.42 Å². The minimum Gasteiger partial charge on any atom is -0.388 e. The lowest BCUT2D eigenvalue weighted by atomic mass is 10.1. The zero-order valence-corrected chi connectivity index (χ0v) is 3.89. The molecule has 0 spiro atoms. The molecule has 1 heteroatoms. The maximum atomic E-state index is 8.68. The summed E-state index contributed by atoms with van der Waals surface area (Å²) >= 11 is 0. The Bertz CT molecular complexity index is 103. The second-order valence-electron chi connectivity index (χ2n) is 1.42. The average Bonchev–Trinajstić information content (AvgIpc) is 1.69. The summed E-state index contributed by atoms with van der Waals surface area (Å²) < 4.78 is 0. The van der Waals surface area contributed by atoms with Gasteiger partial charge in [-0.05, 0) is 12.2 Å². The fraction of sp³-hybridized carbons (Fsp3) is 0.333. The van der Waals surface area contributed by atoms with Crippen molar-refractivity contribution in [2.75, 3.05) is 0 Å². The number of aliphatic hydroxyl groups is 1. The molecule has 1 nitrogen and oxygen atoms in total. The lowest BCUT2D eigenvalue weighted by Crippen LogP contribution is -2.02. The average molecular weight is 94.1 g/mol. The fourth-order valence-corrected chi connectivity index (χ4v) is 0.457. The monoisotopic (exact) mass is 94.0 g/mol. The summed E-state index contributed by atoms with van der Waals surface area (Å²) in [5.41, 5.74) is 0. The largest absolute Gasteiger partial charge is 0.388 e. The van der Waals surface area contributed by atoms with Crippen molar-refractivity contribution >= 4 is 0 Å². The lowest BCUT2D eigenvalue weighted by Gasteiger charge is -2.00. The van der Waals surface area contributed by atoms with E-state index < -0.39 is 6.10 Å². The molecule has 1 N–H and O–H groups in total. The molecule has 0 amide bonds. The zero-order chi connectivity index (χ0) is 5.11. The first kappa shape index (κ1) is 4.60. The van der Waals surface area contributed by atoms with Gasteiger partial charge in [0.2, 0.25) is 0 Å². The van der Waals surface area contributed by atoms with Gasteiger partial charge in [0.1, 0.15) is 0 Å². The van der Waals surface area contributed by atoms with Crippen LogP contribution in [0.25, 0.3) is 0 Å². The standard InChI is InChI=1S/C6H6O/c7-6-4-2-1-3-5-6/h1-2,6-7H,5H2. The van der Waals surface area contributed by atoms with Gasteiger partial charge in [0.25, 0.3) is 0 Å². The molecule has 0 bridgehead atoms. The first-order valence-electron chi connectivity index (χ1n) is 2.22. The van der Waals surface area contributed by atoms with E-state index in [-0.39, 0.29) is 0 Å². The molecule has 7 heavy (non-hydrogen) atoms. The van der Waals surface area contributed by atoms with Crippen molar-refractivity contribution in [3.8, 4) is 0 Å².